The zero-order chi connectivity index (χ0) is 18.8. The minimum atomic E-state index is -0.305. The Hall–Kier alpha value is -2.92. The summed E-state index contributed by atoms with van der Waals surface area (Å²) in [6, 6.07) is 18.8. The van der Waals surface area contributed by atoms with E-state index in [1.54, 1.807) is 30.3 Å². The van der Waals surface area contributed by atoms with Crippen LogP contribution in [0.15, 0.2) is 86.7 Å². The highest BCUT2D eigenvalue weighted by molar-refractivity contribution is 9.10. The zero-order valence-electron chi connectivity index (χ0n) is 14.1. The number of ether oxygens (including phenoxy) is 1. The van der Waals surface area contributed by atoms with E-state index < -0.39 is 0 Å². The fourth-order valence-corrected chi connectivity index (χ4v) is 3.08. The fraction of sp³-hybridized carbons (Fsp3) is 0.0455. The molecule has 0 spiro atoms. The molecule has 4 rings (SSSR count). The number of rotatable bonds is 4. The van der Waals surface area contributed by atoms with Crippen molar-refractivity contribution in [3.8, 4) is 16.9 Å². The molecular weight excluding hydrogens is 411 g/mol. The van der Waals surface area contributed by atoms with Crippen LogP contribution < -0.4 is 10.2 Å². The van der Waals surface area contributed by atoms with Crippen LogP contribution >= 0.6 is 15.9 Å². The molecule has 3 nitrogen and oxygen atoms in total. The summed E-state index contributed by atoms with van der Waals surface area (Å²) >= 11 is 3.38. The summed E-state index contributed by atoms with van der Waals surface area (Å²) in [6.07, 6.45) is 1.46. The molecule has 0 fully saturated rings. The molecule has 27 heavy (non-hydrogen) atoms. The predicted octanol–water partition coefficient (Wildman–Crippen LogP) is 5.94. The average molecular weight is 425 g/mol. The molecular formula is C22H14BrFO3. The van der Waals surface area contributed by atoms with Gasteiger partial charge in [0.1, 0.15) is 30.0 Å². The van der Waals surface area contributed by atoms with Gasteiger partial charge in [0.2, 0.25) is 0 Å². The third kappa shape index (κ3) is 3.78. The molecule has 4 aromatic rings. The van der Waals surface area contributed by atoms with Gasteiger partial charge in [-0.1, -0.05) is 40.2 Å². The monoisotopic (exact) mass is 424 g/mol. The van der Waals surface area contributed by atoms with Crippen LogP contribution in [0.5, 0.6) is 5.75 Å². The van der Waals surface area contributed by atoms with Crippen molar-refractivity contribution in [2.45, 2.75) is 6.61 Å². The quantitative estimate of drug-likeness (QED) is 0.406. The highest BCUT2D eigenvalue weighted by Gasteiger charge is 2.10. The fourth-order valence-electron chi connectivity index (χ4n) is 2.82. The summed E-state index contributed by atoms with van der Waals surface area (Å²) in [7, 11) is 0. The van der Waals surface area contributed by atoms with E-state index >= 15 is 0 Å². The third-order valence-corrected chi connectivity index (χ3v) is 4.72. The highest BCUT2D eigenvalue weighted by Crippen LogP contribution is 2.24. The molecule has 0 saturated carbocycles. The second kappa shape index (κ2) is 7.37. The number of benzene rings is 3. The van der Waals surface area contributed by atoms with E-state index in [0.29, 0.717) is 22.3 Å². The highest BCUT2D eigenvalue weighted by atomic mass is 79.9. The van der Waals surface area contributed by atoms with Crippen LogP contribution in [-0.4, -0.2) is 0 Å². The topological polar surface area (TPSA) is 39.4 Å². The summed E-state index contributed by atoms with van der Waals surface area (Å²) in [5, 5.41) is 0.480. The van der Waals surface area contributed by atoms with E-state index in [1.807, 2.05) is 24.3 Å². The van der Waals surface area contributed by atoms with Crippen LogP contribution in [0.3, 0.4) is 0 Å². The first-order valence-corrected chi connectivity index (χ1v) is 9.08. The lowest BCUT2D eigenvalue weighted by Crippen LogP contribution is -2.05. The minimum Gasteiger partial charge on any atom is -0.489 e. The van der Waals surface area contributed by atoms with Crippen molar-refractivity contribution in [3.63, 3.8) is 0 Å². The Labute approximate surface area is 163 Å². The van der Waals surface area contributed by atoms with Crippen molar-refractivity contribution in [1.82, 2.24) is 0 Å². The Morgan fingerprint density at radius 2 is 1.81 bits per heavy atom. The molecule has 0 saturated heterocycles. The molecule has 0 amide bonds. The Balaban J connectivity index is 1.62. The Bertz CT molecular complexity index is 1170. The minimum absolute atomic E-state index is 0.102. The first kappa shape index (κ1) is 17.5. The van der Waals surface area contributed by atoms with Gasteiger partial charge in [0, 0.05) is 10.5 Å². The Kier molecular flexibility index (Phi) is 4.77. The van der Waals surface area contributed by atoms with Crippen LogP contribution in [0.25, 0.3) is 22.1 Å². The van der Waals surface area contributed by atoms with Crippen LogP contribution in [0.1, 0.15) is 5.56 Å². The summed E-state index contributed by atoms with van der Waals surface area (Å²) in [4.78, 5) is 12.8. The first-order valence-electron chi connectivity index (χ1n) is 8.29. The van der Waals surface area contributed by atoms with Gasteiger partial charge in [-0.3, -0.25) is 4.79 Å². The van der Waals surface area contributed by atoms with Gasteiger partial charge in [-0.05, 0) is 47.5 Å². The number of halogens is 2. The van der Waals surface area contributed by atoms with E-state index in [0.717, 1.165) is 15.6 Å². The number of hydrogen-bond acceptors (Lipinski definition) is 3. The normalized spacial score (nSPS) is 10.9. The van der Waals surface area contributed by atoms with Crippen LogP contribution in [0.4, 0.5) is 4.39 Å². The molecule has 0 aliphatic carbocycles. The van der Waals surface area contributed by atoms with E-state index in [1.165, 1.54) is 18.4 Å². The maximum atomic E-state index is 13.2. The van der Waals surface area contributed by atoms with Gasteiger partial charge in [-0.25, -0.2) is 4.39 Å². The molecule has 134 valence electrons. The second-order valence-electron chi connectivity index (χ2n) is 6.06. The van der Waals surface area contributed by atoms with Gasteiger partial charge in [0.15, 0.2) is 5.43 Å². The number of hydrogen-bond donors (Lipinski definition) is 0. The summed E-state index contributed by atoms with van der Waals surface area (Å²) in [6.45, 7) is 0.227. The Morgan fingerprint density at radius 3 is 2.59 bits per heavy atom. The molecule has 0 aliphatic rings. The lowest BCUT2D eigenvalue weighted by Gasteiger charge is -2.08. The molecule has 0 N–H and O–H groups in total. The molecule has 0 bridgehead atoms. The summed E-state index contributed by atoms with van der Waals surface area (Å²) in [5.41, 5.74) is 2.36. The lowest BCUT2D eigenvalue weighted by atomic mass is 10.1. The molecule has 0 unspecified atom stereocenters. The van der Waals surface area contributed by atoms with E-state index in [2.05, 4.69) is 15.9 Å². The standard InChI is InChI=1S/C22H14BrFO3/c23-16-6-4-15(5-7-16)20-13-27-21-11-18(8-9-19(21)22(20)25)26-12-14-2-1-3-17(24)10-14/h1-11,13H,12H2. The SMILES string of the molecule is O=c1c(-c2ccc(Br)cc2)coc2cc(OCc3cccc(F)c3)ccc12. The molecule has 0 atom stereocenters. The molecule has 1 heterocycles. The van der Waals surface area contributed by atoms with Crippen molar-refractivity contribution in [1.29, 1.82) is 0 Å². The van der Waals surface area contributed by atoms with Crippen LogP contribution in [-0.2, 0) is 6.61 Å². The third-order valence-electron chi connectivity index (χ3n) is 4.20. The van der Waals surface area contributed by atoms with Gasteiger partial charge >= 0.3 is 0 Å². The number of fused-ring (bicyclic) bond motifs is 1. The first-order chi connectivity index (χ1) is 13.1. The van der Waals surface area contributed by atoms with E-state index in [4.69, 9.17) is 9.15 Å². The lowest BCUT2D eigenvalue weighted by molar-refractivity contribution is 0.305. The van der Waals surface area contributed by atoms with Gasteiger partial charge in [-0.2, -0.15) is 0 Å². The molecule has 1 aromatic heterocycles. The van der Waals surface area contributed by atoms with Crippen LogP contribution in [0, 0.1) is 5.82 Å². The average Bonchev–Trinajstić information content (AvgIpc) is 2.68. The van der Waals surface area contributed by atoms with Gasteiger partial charge in [0.25, 0.3) is 0 Å². The van der Waals surface area contributed by atoms with Gasteiger partial charge in [-0.15, -0.1) is 0 Å². The maximum absolute atomic E-state index is 13.2. The van der Waals surface area contributed by atoms with E-state index in [-0.39, 0.29) is 17.9 Å². The predicted molar refractivity (Wildman–Crippen MR) is 106 cm³/mol. The summed E-state index contributed by atoms with van der Waals surface area (Å²) in [5.74, 6) is 0.243. The van der Waals surface area contributed by atoms with E-state index in [9.17, 15) is 9.18 Å². The smallest absolute Gasteiger partial charge is 0.200 e. The molecule has 0 aliphatic heterocycles. The van der Waals surface area contributed by atoms with Gasteiger partial charge < -0.3 is 9.15 Å². The van der Waals surface area contributed by atoms with Crippen LogP contribution in [0.2, 0.25) is 0 Å². The van der Waals surface area contributed by atoms with Crippen molar-refractivity contribution < 1.29 is 13.5 Å². The molecule has 0 radical (unpaired) electrons. The van der Waals surface area contributed by atoms with Crippen molar-refractivity contribution in [2.75, 3.05) is 0 Å². The maximum Gasteiger partial charge on any atom is 0.200 e. The molecule has 5 heteroatoms. The largest absolute Gasteiger partial charge is 0.489 e. The van der Waals surface area contributed by atoms with Crippen molar-refractivity contribution in [2.24, 2.45) is 0 Å². The Morgan fingerprint density at radius 1 is 1.00 bits per heavy atom. The summed E-state index contributed by atoms with van der Waals surface area (Å²) < 4.78 is 25.5. The van der Waals surface area contributed by atoms with Crippen molar-refractivity contribution >= 4 is 26.9 Å². The second-order valence-corrected chi connectivity index (χ2v) is 6.98. The molecule has 3 aromatic carbocycles. The van der Waals surface area contributed by atoms with Gasteiger partial charge in [0.05, 0.1) is 10.9 Å². The zero-order valence-corrected chi connectivity index (χ0v) is 15.7. The van der Waals surface area contributed by atoms with Crippen molar-refractivity contribution in [3.05, 3.63) is 99.1 Å².